The normalized spacial score (nSPS) is 26.8. The van der Waals surface area contributed by atoms with Crippen molar-refractivity contribution in [3.05, 3.63) is 212 Å². The Hall–Kier alpha value is -12.7. The molecule has 36 nitrogen and oxygen atoms in total. The van der Waals surface area contributed by atoms with E-state index < -0.39 is 265 Å². The summed E-state index contributed by atoms with van der Waals surface area (Å²) in [6, 6.07) is 17.9. The van der Waals surface area contributed by atoms with Crippen LogP contribution in [0, 0.1) is 0 Å². The second-order valence-electron chi connectivity index (χ2n) is 29.0. The molecule has 8 aliphatic rings. The van der Waals surface area contributed by atoms with Crippen molar-refractivity contribution in [3.63, 3.8) is 0 Å². The van der Waals surface area contributed by atoms with Crippen molar-refractivity contribution >= 4 is 81.4 Å². The number of hydrogen-bond donors (Lipinski definition) is 21. The second-order valence-corrected chi connectivity index (χ2v) is 29.8. The van der Waals surface area contributed by atoms with Gasteiger partial charge >= 0.3 is 11.9 Å². The van der Waals surface area contributed by atoms with E-state index in [1.54, 1.807) is 6.07 Å². The summed E-state index contributed by atoms with van der Waals surface area (Å²) in [6.45, 7) is -1.10. The maximum Gasteiger partial charge on any atom is 0.335 e. The van der Waals surface area contributed by atoms with Gasteiger partial charge in [0.1, 0.15) is 119 Å². The minimum Gasteiger partial charge on any atom is -0.508 e. The summed E-state index contributed by atoms with van der Waals surface area (Å²) >= 11 is 14.2. The Morgan fingerprint density at radius 3 is 1.90 bits per heavy atom. The number of aliphatic hydroxyl groups is 7. The largest absolute Gasteiger partial charge is 0.508 e. The summed E-state index contributed by atoms with van der Waals surface area (Å²) in [6.07, 6.45) is -21.3. The number of likely N-dealkylation sites (N-methyl/N-ethyl adjacent to an activating group) is 1. The fraction of sp³-hybridized carbons (Fsp3) is 0.268. The van der Waals surface area contributed by atoms with Crippen LogP contribution in [-0.2, 0) is 60.8 Å². The van der Waals surface area contributed by atoms with Crippen molar-refractivity contribution in [3.8, 4) is 80.1 Å². The second kappa shape index (κ2) is 33.6. The zero-order chi connectivity index (χ0) is 85.1. The zero-order valence-electron chi connectivity index (χ0n) is 62.2. The Kier molecular flexibility index (Phi) is 23.1. The van der Waals surface area contributed by atoms with Gasteiger partial charge in [-0.1, -0.05) is 89.9 Å². The topological polar surface area (TPSA) is 560 Å². The van der Waals surface area contributed by atoms with Crippen molar-refractivity contribution in [2.75, 3.05) is 13.7 Å². The number of phenols is 4. The van der Waals surface area contributed by atoms with E-state index in [9.17, 15) is 80.8 Å². The average molecular weight is 1690 g/mol. The SMILES string of the molecule is CN[C@H]1C(=O)N[C@@H]2Cc3ccc(cc3)Oc3cc4cc(c3O[C@@H]3OC(C(=O)O)C(O)[C@H](O)C3NCc3ccc5ccccc5c3)Oc3ccc(cc3Cl)[C@@H](O)C3NC(=O)[C@H](NC(=O)[C@@H]4NC(=O)[C@@H](NC2=O)c2cc(cc(O)c2Cl)Oc2cc1ccc2O)c1ccc(O)c(c1)-c1c(O[C@H]2O[C@H](CO)[C@@H](O)[C@H](O)[C@@H]2O)cc(O)cc1[C@@H](C(=O)O)NC3=O. The van der Waals surface area contributed by atoms with Crippen LogP contribution < -0.4 is 66.2 Å². The molecule has 18 atom stereocenters. The van der Waals surface area contributed by atoms with Gasteiger partial charge in [0.2, 0.25) is 53.8 Å². The van der Waals surface area contributed by atoms with Gasteiger partial charge < -0.3 is 142 Å². The number of amides is 6. The molecule has 120 heavy (non-hydrogen) atoms. The molecule has 8 heterocycles. The average Bonchev–Trinajstić information content (AvgIpc) is 0.760. The van der Waals surface area contributed by atoms with E-state index in [0.29, 0.717) is 11.1 Å². The van der Waals surface area contributed by atoms with Gasteiger partial charge in [-0.15, -0.1) is 0 Å². The van der Waals surface area contributed by atoms with E-state index in [1.165, 1.54) is 49.5 Å². The lowest BCUT2D eigenvalue weighted by Crippen LogP contribution is -2.65. The number of hydrogen-bond acceptors (Lipinski definition) is 28. The van der Waals surface area contributed by atoms with Crippen molar-refractivity contribution in [1.29, 1.82) is 0 Å². The first-order valence-corrected chi connectivity index (χ1v) is 37.8. The van der Waals surface area contributed by atoms with Crippen molar-refractivity contribution in [2.24, 2.45) is 0 Å². The molecule has 2 fully saturated rings. The Labute approximate surface area is 687 Å². The molecule has 21 N–H and O–H groups in total. The van der Waals surface area contributed by atoms with Crippen molar-refractivity contribution < 1.29 is 138 Å². The molecule has 6 amide bonds. The summed E-state index contributed by atoms with van der Waals surface area (Å²) < 4.78 is 44.3. The number of benzene rings is 9. The Morgan fingerprint density at radius 1 is 0.517 bits per heavy atom. The Morgan fingerprint density at radius 2 is 1.18 bits per heavy atom. The van der Waals surface area contributed by atoms with Gasteiger partial charge in [-0.2, -0.15) is 0 Å². The number of carbonyl (C=O) groups excluding carboxylic acids is 6. The first-order valence-electron chi connectivity index (χ1n) is 37.1. The van der Waals surface area contributed by atoms with Gasteiger partial charge in [0, 0.05) is 47.4 Å². The van der Waals surface area contributed by atoms with Crippen LogP contribution in [0.3, 0.4) is 0 Å². The third-order valence-corrected chi connectivity index (χ3v) is 21.9. The van der Waals surface area contributed by atoms with E-state index in [4.69, 9.17) is 56.4 Å². The summed E-state index contributed by atoms with van der Waals surface area (Å²) in [5.74, 6) is -18.4. The van der Waals surface area contributed by atoms with Crippen LogP contribution >= 0.6 is 23.2 Å². The van der Waals surface area contributed by atoms with Crippen LogP contribution in [0.2, 0.25) is 10.0 Å². The van der Waals surface area contributed by atoms with Crippen molar-refractivity contribution in [2.45, 2.75) is 123 Å². The van der Waals surface area contributed by atoms with Crippen LogP contribution in [0.25, 0.3) is 21.9 Å². The molecule has 0 radical (unpaired) electrons. The van der Waals surface area contributed by atoms with Gasteiger partial charge in [-0.05, 0) is 130 Å². The summed E-state index contributed by atoms with van der Waals surface area (Å²) in [5, 5.41) is 170. The fourth-order valence-electron chi connectivity index (χ4n) is 15.0. The molecule has 38 heteroatoms. The third-order valence-electron chi connectivity index (χ3n) is 21.2. The number of carboxylic acid groups (broad SMARTS) is 2. The van der Waals surface area contributed by atoms with Crippen LogP contribution in [-0.4, -0.2) is 201 Å². The molecule has 2 saturated heterocycles. The highest BCUT2D eigenvalue weighted by molar-refractivity contribution is 6.33. The molecular formula is C82H74Cl2N8O28. The predicted octanol–water partition coefficient (Wildman–Crippen LogP) is 3.23. The quantitative estimate of drug-likeness (QED) is 0.0883. The van der Waals surface area contributed by atoms with E-state index in [-0.39, 0.29) is 34.9 Å². The van der Waals surface area contributed by atoms with E-state index in [0.717, 1.165) is 83.6 Å². The lowest BCUT2D eigenvalue weighted by atomic mass is 9.89. The summed E-state index contributed by atoms with van der Waals surface area (Å²) in [4.78, 5) is 122. The number of phenolic OH excluding ortho intramolecular Hbond substituents is 4. The van der Waals surface area contributed by atoms with E-state index >= 15 is 24.0 Å². The molecule has 624 valence electrons. The predicted molar refractivity (Wildman–Crippen MR) is 414 cm³/mol. The van der Waals surface area contributed by atoms with Gasteiger partial charge in [0.05, 0.1) is 22.7 Å². The molecule has 0 aliphatic carbocycles. The van der Waals surface area contributed by atoms with Crippen LogP contribution in [0.4, 0.5) is 0 Å². The number of aromatic hydroxyl groups is 4. The molecule has 0 saturated carbocycles. The van der Waals surface area contributed by atoms with Crippen LogP contribution in [0.5, 0.6) is 69.0 Å². The molecule has 17 rings (SSSR count). The summed E-state index contributed by atoms with van der Waals surface area (Å²) in [7, 11) is 1.43. The lowest BCUT2D eigenvalue weighted by Gasteiger charge is -2.41. The molecule has 0 spiro atoms. The Balaban J connectivity index is 0.962. The fourth-order valence-corrected chi connectivity index (χ4v) is 15.5. The Bertz CT molecular complexity index is 5610. The zero-order valence-corrected chi connectivity index (χ0v) is 63.7. The van der Waals surface area contributed by atoms with E-state index in [2.05, 4.69) is 42.5 Å². The minimum atomic E-state index is -2.44. The number of halogens is 2. The highest BCUT2D eigenvalue weighted by atomic mass is 35.5. The maximum atomic E-state index is 16.7. The first kappa shape index (κ1) is 82.4. The number of aliphatic carboxylic acids is 2. The highest BCUT2D eigenvalue weighted by Crippen LogP contribution is 2.50. The number of carboxylic acids is 2. The van der Waals surface area contributed by atoms with Gasteiger partial charge in [-0.25, -0.2) is 9.59 Å². The van der Waals surface area contributed by atoms with Gasteiger partial charge in [-0.3, -0.25) is 28.8 Å². The molecule has 8 aliphatic heterocycles. The van der Waals surface area contributed by atoms with E-state index in [1.807, 2.05) is 36.4 Å². The number of fused-ring (bicyclic) bond motifs is 15. The monoisotopic (exact) mass is 1690 g/mol. The van der Waals surface area contributed by atoms with Crippen LogP contribution in [0.15, 0.2) is 158 Å². The maximum absolute atomic E-state index is 16.7. The van der Waals surface area contributed by atoms with Gasteiger partial charge in [0.15, 0.2) is 35.1 Å². The lowest BCUT2D eigenvalue weighted by molar-refractivity contribution is -0.277. The summed E-state index contributed by atoms with van der Waals surface area (Å²) in [5.41, 5.74) is -2.55. The van der Waals surface area contributed by atoms with Crippen LogP contribution in [0.1, 0.15) is 80.8 Å². The molecule has 17 bridgehead atoms. The number of aliphatic hydroxyl groups excluding tert-OH is 7. The molecule has 9 aromatic rings. The molecule has 9 aromatic carbocycles. The van der Waals surface area contributed by atoms with Gasteiger partial charge in [0.25, 0.3) is 0 Å². The molecule has 0 aromatic heterocycles. The number of nitrogens with one attached hydrogen (secondary N) is 8. The van der Waals surface area contributed by atoms with Crippen molar-refractivity contribution in [1.82, 2.24) is 42.5 Å². The smallest absolute Gasteiger partial charge is 0.335 e. The molecule has 4 unspecified atom stereocenters. The standard InChI is InChI=1S/C82H74Cl2N8O28/c1-85-58-36-11-16-48(96)51(22-36)115-41-27-44(57(84)49(97)28-41)61-77(108)89-60-38-23-53(114-40-13-7-31(8-14-40)19-46(73(104)90-61)87-74(58)105)71(119-81-64(67(100)69(102)72(120-81)80(112)113)86-29-32-6-9-33-4-2-3-5-34(33)18-32)54(24-38)116-50-17-12-37(21-45(50)83)65(98)63-78(109)91-62(79(110)111)43-25-39(94)26-52(117-82-70(103)68(101)66(99)55(30-93)118-82)56(43)42-20-35(10-15-47(42)95)59(75(106)92-63)88-76(60)107/h2-18,20-28,46,55,58-70,72,81-82,85-86,93-103H,19,29-30H2,1H3,(H,87,105)(H,88,107)(H,89,108)(H,90,104)(H,91,109)(H,92,106)(H,110,111)(H,112,113)/t46-,55-,58-,59-,60-,61+,62+,63?,64?,65-,66-,67-,68+,69?,70+,72?,81-,82+/m1/s1. The first-order chi connectivity index (χ1) is 57.4. The number of rotatable bonds is 11. The third kappa shape index (κ3) is 16.3. The minimum absolute atomic E-state index is 0.115. The number of ether oxygens (including phenoxy) is 7. The highest BCUT2D eigenvalue weighted by Gasteiger charge is 2.51. The number of carbonyl (C=O) groups is 8. The molecular weight excluding hydrogens is 1620 g/mol.